The number of benzene rings is 1. The van der Waals surface area contributed by atoms with Crippen molar-refractivity contribution in [2.75, 3.05) is 13.2 Å². The van der Waals surface area contributed by atoms with Crippen LogP contribution in [0.5, 0.6) is 0 Å². The van der Waals surface area contributed by atoms with Gasteiger partial charge < -0.3 is 4.74 Å². The van der Waals surface area contributed by atoms with Crippen molar-refractivity contribution in [3.63, 3.8) is 0 Å². The van der Waals surface area contributed by atoms with Crippen LogP contribution in [-0.2, 0) is 4.74 Å². The molecule has 2 rings (SSSR count). The zero-order chi connectivity index (χ0) is 9.97. The highest BCUT2D eigenvalue weighted by molar-refractivity contribution is 9.10. The van der Waals surface area contributed by atoms with Gasteiger partial charge in [-0.1, -0.05) is 27.5 Å². The summed E-state index contributed by atoms with van der Waals surface area (Å²) in [7, 11) is 0. The number of rotatable bonds is 1. The van der Waals surface area contributed by atoms with Crippen LogP contribution in [0, 0.1) is 0 Å². The molecule has 1 aliphatic heterocycles. The van der Waals surface area contributed by atoms with Gasteiger partial charge in [-0.15, -0.1) is 0 Å². The molecule has 1 saturated heterocycles. The normalized spacial score (nSPS) is 22.3. The molecule has 1 aliphatic rings. The molecule has 0 radical (unpaired) electrons. The third-order valence-corrected chi connectivity index (χ3v) is 3.40. The summed E-state index contributed by atoms with van der Waals surface area (Å²) in [6.45, 7) is 1.69. The minimum atomic E-state index is 0.466. The summed E-state index contributed by atoms with van der Waals surface area (Å²) in [6.07, 6.45) is 2.31. The second-order valence-electron chi connectivity index (χ2n) is 3.58. The highest BCUT2D eigenvalue weighted by Crippen LogP contribution is 2.32. The Kier molecular flexibility index (Phi) is 3.47. The average Bonchev–Trinajstić information content (AvgIpc) is 2.23. The minimum Gasteiger partial charge on any atom is -0.381 e. The molecule has 0 N–H and O–H groups in total. The van der Waals surface area contributed by atoms with Crippen molar-refractivity contribution in [1.29, 1.82) is 0 Å². The minimum absolute atomic E-state index is 0.466. The van der Waals surface area contributed by atoms with Crippen molar-refractivity contribution < 1.29 is 4.74 Å². The fraction of sp³-hybridized carbons (Fsp3) is 0.455. The van der Waals surface area contributed by atoms with Crippen molar-refractivity contribution >= 4 is 27.5 Å². The lowest BCUT2D eigenvalue weighted by Crippen LogP contribution is -2.15. The van der Waals surface area contributed by atoms with E-state index in [0.29, 0.717) is 5.92 Å². The summed E-state index contributed by atoms with van der Waals surface area (Å²) >= 11 is 9.62. The Morgan fingerprint density at radius 3 is 3.00 bits per heavy atom. The first-order chi connectivity index (χ1) is 6.77. The Bertz CT molecular complexity index is 321. The van der Waals surface area contributed by atoms with Crippen molar-refractivity contribution in [2.24, 2.45) is 0 Å². The predicted octanol–water partition coefficient (Wildman–Crippen LogP) is 4.00. The molecule has 1 atom stereocenters. The highest BCUT2D eigenvalue weighted by atomic mass is 79.9. The second-order valence-corrected chi connectivity index (χ2v) is 4.90. The van der Waals surface area contributed by atoms with Gasteiger partial charge in [0.25, 0.3) is 0 Å². The van der Waals surface area contributed by atoms with Crippen LogP contribution in [-0.4, -0.2) is 13.2 Å². The van der Waals surface area contributed by atoms with Crippen LogP contribution in [0.25, 0.3) is 0 Å². The molecule has 0 spiro atoms. The van der Waals surface area contributed by atoms with Gasteiger partial charge in [-0.25, -0.2) is 0 Å². The van der Waals surface area contributed by atoms with E-state index in [1.807, 2.05) is 12.1 Å². The maximum atomic E-state index is 6.15. The third kappa shape index (κ3) is 2.30. The van der Waals surface area contributed by atoms with E-state index in [-0.39, 0.29) is 0 Å². The lowest BCUT2D eigenvalue weighted by Gasteiger charge is -2.23. The molecule has 1 nitrogen and oxygen atoms in total. The molecular weight excluding hydrogens is 263 g/mol. The highest BCUT2D eigenvalue weighted by Gasteiger charge is 2.18. The van der Waals surface area contributed by atoms with E-state index in [1.54, 1.807) is 0 Å². The Balaban J connectivity index is 2.24. The maximum Gasteiger partial charge on any atom is 0.0535 e. The summed E-state index contributed by atoms with van der Waals surface area (Å²) in [5.41, 5.74) is 1.21. The molecule has 0 saturated carbocycles. The zero-order valence-corrected chi connectivity index (χ0v) is 10.1. The van der Waals surface area contributed by atoms with E-state index < -0.39 is 0 Å². The first kappa shape index (κ1) is 10.5. The smallest absolute Gasteiger partial charge is 0.0535 e. The molecule has 1 fully saturated rings. The van der Waals surface area contributed by atoms with E-state index in [9.17, 15) is 0 Å². The van der Waals surface area contributed by atoms with Crippen LogP contribution in [0.4, 0.5) is 0 Å². The van der Waals surface area contributed by atoms with E-state index >= 15 is 0 Å². The summed E-state index contributed by atoms with van der Waals surface area (Å²) in [4.78, 5) is 0. The summed E-state index contributed by atoms with van der Waals surface area (Å²) in [6, 6.07) is 6.01. The van der Waals surface area contributed by atoms with Crippen molar-refractivity contribution in [3.05, 3.63) is 33.3 Å². The fourth-order valence-corrected chi connectivity index (χ4v) is 2.46. The summed E-state index contributed by atoms with van der Waals surface area (Å²) in [5.74, 6) is 0.466. The van der Waals surface area contributed by atoms with Crippen LogP contribution in [0.15, 0.2) is 22.7 Å². The van der Waals surface area contributed by atoms with Crippen LogP contribution < -0.4 is 0 Å². The number of halogens is 2. The van der Waals surface area contributed by atoms with E-state index in [0.717, 1.165) is 29.1 Å². The van der Waals surface area contributed by atoms with Gasteiger partial charge in [0.2, 0.25) is 0 Å². The van der Waals surface area contributed by atoms with Gasteiger partial charge >= 0.3 is 0 Å². The van der Waals surface area contributed by atoms with Crippen LogP contribution in [0.3, 0.4) is 0 Å². The van der Waals surface area contributed by atoms with Gasteiger partial charge in [0.15, 0.2) is 0 Å². The van der Waals surface area contributed by atoms with E-state index in [2.05, 4.69) is 22.0 Å². The predicted molar refractivity (Wildman–Crippen MR) is 61.9 cm³/mol. The van der Waals surface area contributed by atoms with E-state index in [1.165, 1.54) is 12.0 Å². The summed E-state index contributed by atoms with van der Waals surface area (Å²) in [5, 5.41) is 0.851. The average molecular weight is 276 g/mol. The monoisotopic (exact) mass is 274 g/mol. The zero-order valence-electron chi connectivity index (χ0n) is 7.80. The van der Waals surface area contributed by atoms with Crippen LogP contribution in [0.1, 0.15) is 24.3 Å². The first-order valence-corrected chi connectivity index (χ1v) is 5.97. The van der Waals surface area contributed by atoms with E-state index in [4.69, 9.17) is 16.3 Å². The SMILES string of the molecule is Clc1ccc(Br)cc1C1CCCOC1. The number of ether oxygens (including phenoxy) is 1. The Morgan fingerprint density at radius 2 is 2.29 bits per heavy atom. The topological polar surface area (TPSA) is 9.23 Å². The van der Waals surface area contributed by atoms with Crippen molar-refractivity contribution in [1.82, 2.24) is 0 Å². The molecule has 0 amide bonds. The largest absolute Gasteiger partial charge is 0.381 e. The molecule has 1 heterocycles. The second kappa shape index (κ2) is 4.65. The quantitative estimate of drug-likeness (QED) is 0.753. The summed E-state index contributed by atoms with van der Waals surface area (Å²) < 4.78 is 6.54. The van der Waals surface area contributed by atoms with Gasteiger partial charge in [0.1, 0.15) is 0 Å². The third-order valence-electron chi connectivity index (χ3n) is 2.56. The van der Waals surface area contributed by atoms with Crippen LogP contribution in [0.2, 0.25) is 5.02 Å². The first-order valence-electron chi connectivity index (χ1n) is 4.80. The molecule has 0 aromatic heterocycles. The molecular formula is C11H12BrClO. The molecule has 0 aliphatic carbocycles. The standard InChI is InChI=1S/C11H12BrClO/c12-9-3-4-11(13)10(6-9)8-2-1-5-14-7-8/h3-4,6,8H,1-2,5,7H2. The Labute approximate surface area is 97.5 Å². The molecule has 1 unspecified atom stereocenters. The van der Waals surface area contributed by atoms with Gasteiger partial charge in [-0.3, -0.25) is 0 Å². The molecule has 0 bridgehead atoms. The van der Waals surface area contributed by atoms with Crippen molar-refractivity contribution in [2.45, 2.75) is 18.8 Å². The molecule has 1 aromatic carbocycles. The fourth-order valence-electron chi connectivity index (χ4n) is 1.81. The Morgan fingerprint density at radius 1 is 1.43 bits per heavy atom. The molecule has 76 valence electrons. The van der Waals surface area contributed by atoms with Gasteiger partial charge in [-0.2, -0.15) is 0 Å². The van der Waals surface area contributed by atoms with Crippen LogP contribution >= 0.6 is 27.5 Å². The van der Waals surface area contributed by atoms with Crippen molar-refractivity contribution in [3.8, 4) is 0 Å². The van der Waals surface area contributed by atoms with Gasteiger partial charge in [-0.05, 0) is 36.6 Å². The lowest BCUT2D eigenvalue weighted by molar-refractivity contribution is 0.0804. The molecule has 3 heteroatoms. The molecule has 1 aromatic rings. The van der Waals surface area contributed by atoms with Gasteiger partial charge in [0, 0.05) is 22.0 Å². The molecule has 14 heavy (non-hydrogen) atoms. The Hall–Kier alpha value is -0.0500. The van der Waals surface area contributed by atoms with Gasteiger partial charge in [0.05, 0.1) is 6.61 Å². The lowest BCUT2D eigenvalue weighted by atomic mass is 9.94. The number of hydrogen-bond acceptors (Lipinski definition) is 1. The number of hydrogen-bond donors (Lipinski definition) is 0. The maximum absolute atomic E-state index is 6.15.